The molecule has 1 atom stereocenters. The number of nitrogens with one attached hydrogen (secondary N) is 1. The van der Waals surface area contributed by atoms with Crippen LogP contribution in [0.3, 0.4) is 0 Å². The van der Waals surface area contributed by atoms with Crippen LogP contribution in [-0.2, 0) is 9.84 Å². The lowest BCUT2D eigenvalue weighted by Gasteiger charge is -2.38. The van der Waals surface area contributed by atoms with Crippen molar-refractivity contribution in [1.29, 1.82) is 0 Å². The number of hydrogen-bond acceptors (Lipinski definition) is 4. The van der Waals surface area contributed by atoms with Crippen molar-refractivity contribution in [3.8, 4) is 0 Å². The lowest BCUT2D eigenvalue weighted by molar-refractivity contribution is 0.144. The molecular formula is C15H20FN3O2S2. The molecule has 0 bridgehead atoms. The van der Waals surface area contributed by atoms with Crippen LogP contribution >= 0.6 is 12.2 Å². The van der Waals surface area contributed by atoms with Gasteiger partial charge in [-0.25, -0.2) is 12.8 Å². The second-order valence-corrected chi connectivity index (χ2v) is 8.63. The summed E-state index contributed by atoms with van der Waals surface area (Å²) in [6, 6.07) is 6.25. The highest BCUT2D eigenvalue weighted by Gasteiger charge is 2.33. The van der Waals surface area contributed by atoms with Gasteiger partial charge in [0.15, 0.2) is 14.9 Å². The van der Waals surface area contributed by atoms with Crippen molar-refractivity contribution < 1.29 is 12.8 Å². The van der Waals surface area contributed by atoms with Crippen LogP contribution < -0.4 is 5.32 Å². The van der Waals surface area contributed by atoms with E-state index in [0.29, 0.717) is 10.9 Å². The van der Waals surface area contributed by atoms with E-state index in [4.69, 9.17) is 12.2 Å². The Labute approximate surface area is 141 Å². The first kappa shape index (κ1) is 16.6. The van der Waals surface area contributed by atoms with Crippen molar-refractivity contribution in [3.63, 3.8) is 0 Å². The summed E-state index contributed by atoms with van der Waals surface area (Å²) in [6.07, 6.45) is 0.737. The Morgan fingerprint density at radius 3 is 2.39 bits per heavy atom. The van der Waals surface area contributed by atoms with E-state index in [1.807, 2.05) is 0 Å². The molecule has 3 rings (SSSR count). The minimum Gasteiger partial charge on any atom is -0.346 e. The maximum absolute atomic E-state index is 12.9. The van der Waals surface area contributed by atoms with Crippen LogP contribution in [0.25, 0.3) is 0 Å². The van der Waals surface area contributed by atoms with Crippen molar-refractivity contribution in [2.75, 3.05) is 43.0 Å². The molecule has 2 aliphatic heterocycles. The molecular weight excluding hydrogens is 337 g/mol. The average Bonchev–Trinajstić information content (AvgIpc) is 2.90. The molecule has 0 spiro atoms. The van der Waals surface area contributed by atoms with Gasteiger partial charge in [-0.3, -0.25) is 4.90 Å². The van der Waals surface area contributed by atoms with Crippen molar-refractivity contribution in [3.05, 3.63) is 30.1 Å². The zero-order chi connectivity index (χ0) is 16.4. The van der Waals surface area contributed by atoms with Gasteiger partial charge in [-0.05, 0) is 42.9 Å². The van der Waals surface area contributed by atoms with Gasteiger partial charge in [0.2, 0.25) is 0 Å². The molecule has 5 nitrogen and oxygen atoms in total. The number of hydrogen-bond donors (Lipinski definition) is 1. The molecule has 2 fully saturated rings. The Morgan fingerprint density at radius 1 is 1.17 bits per heavy atom. The van der Waals surface area contributed by atoms with Crippen LogP contribution in [0.4, 0.5) is 10.1 Å². The van der Waals surface area contributed by atoms with Crippen LogP contribution in [0.2, 0.25) is 0 Å². The Kier molecular flexibility index (Phi) is 4.84. The predicted molar refractivity (Wildman–Crippen MR) is 92.8 cm³/mol. The summed E-state index contributed by atoms with van der Waals surface area (Å²) in [5.74, 6) is 0.315. The number of thiocarbonyl (C=S) groups is 1. The van der Waals surface area contributed by atoms with E-state index < -0.39 is 9.84 Å². The molecule has 126 valence electrons. The van der Waals surface area contributed by atoms with Gasteiger partial charge in [-0.2, -0.15) is 0 Å². The van der Waals surface area contributed by atoms with Gasteiger partial charge in [0, 0.05) is 37.9 Å². The summed E-state index contributed by atoms with van der Waals surface area (Å²) < 4.78 is 36.1. The zero-order valence-electron chi connectivity index (χ0n) is 12.7. The third-order valence-electron chi connectivity index (χ3n) is 4.42. The van der Waals surface area contributed by atoms with E-state index in [1.54, 1.807) is 12.1 Å². The number of sulfone groups is 1. The fourth-order valence-corrected chi connectivity index (χ4v) is 5.15. The fraction of sp³-hybridized carbons (Fsp3) is 0.533. The second kappa shape index (κ2) is 6.70. The van der Waals surface area contributed by atoms with Crippen molar-refractivity contribution >= 4 is 32.9 Å². The molecule has 1 N–H and O–H groups in total. The molecule has 2 aliphatic rings. The molecule has 0 saturated carbocycles. The van der Waals surface area contributed by atoms with Gasteiger partial charge < -0.3 is 10.2 Å². The zero-order valence-corrected chi connectivity index (χ0v) is 14.4. The van der Waals surface area contributed by atoms with Gasteiger partial charge in [0.1, 0.15) is 5.82 Å². The molecule has 0 unspecified atom stereocenters. The van der Waals surface area contributed by atoms with Gasteiger partial charge >= 0.3 is 0 Å². The lowest BCUT2D eigenvalue weighted by Crippen LogP contribution is -2.53. The van der Waals surface area contributed by atoms with E-state index >= 15 is 0 Å². The van der Waals surface area contributed by atoms with Crippen molar-refractivity contribution in [2.24, 2.45) is 0 Å². The van der Waals surface area contributed by atoms with Gasteiger partial charge in [0.05, 0.1) is 11.5 Å². The van der Waals surface area contributed by atoms with E-state index in [2.05, 4.69) is 15.1 Å². The highest BCUT2D eigenvalue weighted by Crippen LogP contribution is 2.19. The minimum atomic E-state index is -2.84. The van der Waals surface area contributed by atoms with Crippen LogP contribution in [0, 0.1) is 5.82 Å². The van der Waals surface area contributed by atoms with E-state index in [9.17, 15) is 12.8 Å². The highest BCUT2D eigenvalue weighted by atomic mass is 32.2. The summed E-state index contributed by atoms with van der Waals surface area (Å²) in [5.41, 5.74) is 0.765. The normalized spacial score (nSPS) is 24.6. The number of anilines is 1. The molecule has 23 heavy (non-hydrogen) atoms. The van der Waals surface area contributed by atoms with Crippen molar-refractivity contribution in [1.82, 2.24) is 9.80 Å². The molecule has 2 heterocycles. The Hall–Kier alpha value is -1.25. The monoisotopic (exact) mass is 357 g/mol. The predicted octanol–water partition coefficient (Wildman–Crippen LogP) is 1.33. The average molecular weight is 357 g/mol. The molecule has 8 heteroatoms. The van der Waals surface area contributed by atoms with E-state index in [-0.39, 0.29) is 17.6 Å². The van der Waals surface area contributed by atoms with E-state index in [0.717, 1.165) is 38.3 Å². The van der Waals surface area contributed by atoms with Gasteiger partial charge in [0.25, 0.3) is 0 Å². The number of rotatable bonds is 2. The molecule has 0 aliphatic carbocycles. The van der Waals surface area contributed by atoms with Gasteiger partial charge in [-0.1, -0.05) is 0 Å². The van der Waals surface area contributed by atoms with Crippen molar-refractivity contribution in [2.45, 2.75) is 12.5 Å². The van der Waals surface area contributed by atoms with Crippen LogP contribution in [0.5, 0.6) is 0 Å². The molecule has 0 aromatic heterocycles. The van der Waals surface area contributed by atoms with E-state index in [1.165, 1.54) is 12.1 Å². The fourth-order valence-electron chi connectivity index (χ4n) is 3.09. The van der Waals surface area contributed by atoms with Gasteiger partial charge in [-0.15, -0.1) is 0 Å². The second-order valence-electron chi connectivity index (χ2n) is 6.02. The first-order valence-corrected chi connectivity index (χ1v) is 9.92. The maximum atomic E-state index is 12.9. The summed E-state index contributed by atoms with van der Waals surface area (Å²) >= 11 is 5.41. The third kappa shape index (κ3) is 4.19. The Balaban J connectivity index is 1.50. The molecule has 2 saturated heterocycles. The smallest absolute Gasteiger partial charge is 0.173 e. The Morgan fingerprint density at radius 2 is 1.83 bits per heavy atom. The number of halogens is 1. The molecule has 0 amide bonds. The SMILES string of the molecule is O=S1(=O)CC[C@@H](N2CCN(C(=S)Nc3ccc(F)cc3)CC2)C1. The molecule has 1 aromatic rings. The largest absolute Gasteiger partial charge is 0.346 e. The highest BCUT2D eigenvalue weighted by molar-refractivity contribution is 7.91. The number of piperazine rings is 1. The van der Waals surface area contributed by atoms with Crippen LogP contribution in [0.15, 0.2) is 24.3 Å². The summed E-state index contributed by atoms with van der Waals surface area (Å²) in [4.78, 5) is 4.32. The van der Waals surface area contributed by atoms with Crippen LogP contribution in [-0.4, -0.2) is 67.1 Å². The molecule has 1 aromatic carbocycles. The summed E-state index contributed by atoms with van der Waals surface area (Å²) in [5, 5.41) is 3.73. The van der Waals surface area contributed by atoms with Crippen LogP contribution in [0.1, 0.15) is 6.42 Å². The lowest BCUT2D eigenvalue weighted by atomic mass is 10.2. The number of benzene rings is 1. The summed E-state index contributed by atoms with van der Waals surface area (Å²) in [6.45, 7) is 3.16. The minimum absolute atomic E-state index is 0.153. The summed E-state index contributed by atoms with van der Waals surface area (Å²) in [7, 11) is -2.84. The topological polar surface area (TPSA) is 52.7 Å². The maximum Gasteiger partial charge on any atom is 0.173 e. The Bertz CT molecular complexity index is 670. The quantitative estimate of drug-likeness (QED) is 0.806. The first-order valence-electron chi connectivity index (χ1n) is 7.69. The third-order valence-corrected chi connectivity index (χ3v) is 6.53. The first-order chi connectivity index (χ1) is 10.9. The molecule has 0 radical (unpaired) electrons. The number of nitrogens with zero attached hydrogens (tertiary/aromatic N) is 2. The standard InChI is InChI=1S/C15H20FN3O2S2/c16-12-1-3-13(4-2-12)17-15(22)19-8-6-18(7-9-19)14-5-10-23(20,21)11-14/h1-4,14H,5-11H2,(H,17,22)/t14-/m1/s1.